The van der Waals surface area contributed by atoms with Crippen LogP contribution in [0.3, 0.4) is 0 Å². The molecule has 0 saturated heterocycles. The molecule has 0 radical (unpaired) electrons. The van der Waals surface area contributed by atoms with Crippen LogP contribution in [0.1, 0.15) is 37.0 Å². The highest BCUT2D eigenvalue weighted by atomic mass is 19.1. The van der Waals surface area contributed by atoms with Crippen molar-refractivity contribution in [3.63, 3.8) is 0 Å². The SMILES string of the molecule is CC1CCC(NC(=O)c2c(F)ccc([N+](=O)[O-])c2N)C1C. The molecule has 3 N–H and O–H groups in total. The maximum absolute atomic E-state index is 13.8. The predicted molar refractivity (Wildman–Crippen MR) is 76.3 cm³/mol. The van der Waals surface area contributed by atoms with E-state index in [1.54, 1.807) is 0 Å². The lowest BCUT2D eigenvalue weighted by atomic mass is 9.97. The van der Waals surface area contributed by atoms with E-state index >= 15 is 0 Å². The van der Waals surface area contributed by atoms with Gasteiger partial charge in [0.1, 0.15) is 17.1 Å². The molecule has 1 fully saturated rings. The molecule has 3 unspecified atom stereocenters. The zero-order valence-electron chi connectivity index (χ0n) is 11.9. The Kier molecular flexibility index (Phi) is 4.11. The molecule has 1 aliphatic carbocycles. The molecule has 0 spiro atoms. The van der Waals surface area contributed by atoms with Gasteiger partial charge in [0.25, 0.3) is 11.6 Å². The van der Waals surface area contributed by atoms with Gasteiger partial charge in [0, 0.05) is 12.1 Å². The van der Waals surface area contributed by atoms with Crippen molar-refractivity contribution < 1.29 is 14.1 Å². The summed E-state index contributed by atoms with van der Waals surface area (Å²) < 4.78 is 13.8. The van der Waals surface area contributed by atoms with E-state index in [1.807, 2.05) is 6.92 Å². The second-order valence-corrected chi connectivity index (χ2v) is 5.61. The van der Waals surface area contributed by atoms with Crippen LogP contribution in [0, 0.1) is 27.8 Å². The van der Waals surface area contributed by atoms with Gasteiger partial charge in [-0.3, -0.25) is 14.9 Å². The summed E-state index contributed by atoms with van der Waals surface area (Å²) in [6.07, 6.45) is 1.80. The number of anilines is 1. The van der Waals surface area contributed by atoms with Crippen molar-refractivity contribution in [1.29, 1.82) is 0 Å². The van der Waals surface area contributed by atoms with E-state index in [-0.39, 0.29) is 12.0 Å². The number of nitro groups is 1. The molecule has 0 bridgehead atoms. The Bertz CT molecular complexity index is 591. The normalized spacial score (nSPS) is 24.8. The first-order valence-corrected chi connectivity index (χ1v) is 6.86. The molecule has 1 aromatic rings. The summed E-state index contributed by atoms with van der Waals surface area (Å²) in [4.78, 5) is 22.3. The minimum Gasteiger partial charge on any atom is -0.392 e. The number of nitrogens with zero attached hydrogens (tertiary/aromatic N) is 1. The van der Waals surface area contributed by atoms with E-state index < -0.39 is 33.6 Å². The van der Waals surface area contributed by atoms with Crippen molar-refractivity contribution in [1.82, 2.24) is 5.32 Å². The Hall–Kier alpha value is -2.18. The molecule has 1 aliphatic rings. The maximum atomic E-state index is 13.8. The molecule has 21 heavy (non-hydrogen) atoms. The number of hydrogen-bond acceptors (Lipinski definition) is 4. The summed E-state index contributed by atoms with van der Waals surface area (Å²) in [5.41, 5.74) is 4.23. The van der Waals surface area contributed by atoms with Gasteiger partial charge in [-0.1, -0.05) is 13.8 Å². The summed E-state index contributed by atoms with van der Waals surface area (Å²) in [6.45, 7) is 4.12. The van der Waals surface area contributed by atoms with Gasteiger partial charge in [-0.25, -0.2) is 4.39 Å². The molecule has 3 atom stereocenters. The number of nitrogens with one attached hydrogen (secondary N) is 1. The molecule has 114 valence electrons. The Balaban J connectivity index is 2.27. The number of nitrogens with two attached hydrogens (primary N) is 1. The van der Waals surface area contributed by atoms with Crippen LogP contribution < -0.4 is 11.1 Å². The van der Waals surface area contributed by atoms with Crippen LogP contribution in [-0.2, 0) is 0 Å². The van der Waals surface area contributed by atoms with Gasteiger partial charge in [-0.15, -0.1) is 0 Å². The van der Waals surface area contributed by atoms with Gasteiger partial charge in [0.15, 0.2) is 0 Å². The van der Waals surface area contributed by atoms with Crippen LogP contribution in [0.25, 0.3) is 0 Å². The van der Waals surface area contributed by atoms with E-state index in [9.17, 15) is 19.3 Å². The van der Waals surface area contributed by atoms with Crippen LogP contribution in [0.2, 0.25) is 0 Å². The molecule has 1 amide bonds. The van der Waals surface area contributed by atoms with Crippen molar-refractivity contribution in [2.75, 3.05) is 5.73 Å². The molecule has 7 heteroatoms. The van der Waals surface area contributed by atoms with Crippen LogP contribution in [0.5, 0.6) is 0 Å². The Morgan fingerprint density at radius 1 is 1.43 bits per heavy atom. The lowest BCUT2D eigenvalue weighted by Crippen LogP contribution is -2.38. The van der Waals surface area contributed by atoms with Gasteiger partial charge in [0.05, 0.1) is 4.92 Å². The minimum absolute atomic E-state index is 0.0643. The molecule has 2 rings (SSSR count). The van der Waals surface area contributed by atoms with Gasteiger partial charge < -0.3 is 11.1 Å². The Morgan fingerprint density at radius 2 is 2.10 bits per heavy atom. The number of carbonyl (C=O) groups is 1. The smallest absolute Gasteiger partial charge is 0.293 e. The molecule has 0 aliphatic heterocycles. The average molecular weight is 295 g/mol. The molecular formula is C14H18FN3O3. The number of amides is 1. The molecular weight excluding hydrogens is 277 g/mol. The minimum atomic E-state index is -0.853. The second-order valence-electron chi connectivity index (χ2n) is 5.61. The van der Waals surface area contributed by atoms with Crippen molar-refractivity contribution in [2.45, 2.75) is 32.7 Å². The third kappa shape index (κ3) is 2.81. The number of halogens is 1. The molecule has 1 aromatic carbocycles. The molecule has 6 nitrogen and oxygen atoms in total. The largest absolute Gasteiger partial charge is 0.392 e. The van der Waals surface area contributed by atoms with E-state index in [0.29, 0.717) is 5.92 Å². The molecule has 1 saturated carbocycles. The Labute approximate surface area is 121 Å². The highest BCUT2D eigenvalue weighted by Crippen LogP contribution is 2.32. The van der Waals surface area contributed by atoms with Crippen LogP contribution in [-0.4, -0.2) is 16.9 Å². The van der Waals surface area contributed by atoms with Gasteiger partial charge in [-0.05, 0) is 30.7 Å². The second kappa shape index (κ2) is 5.67. The van der Waals surface area contributed by atoms with Gasteiger partial charge in [0.2, 0.25) is 0 Å². The van der Waals surface area contributed by atoms with Gasteiger partial charge in [-0.2, -0.15) is 0 Å². The number of rotatable bonds is 3. The number of carbonyl (C=O) groups excluding carboxylic acids is 1. The van der Waals surface area contributed by atoms with Crippen molar-refractivity contribution in [2.24, 2.45) is 11.8 Å². The fourth-order valence-electron chi connectivity index (χ4n) is 2.78. The van der Waals surface area contributed by atoms with Crippen molar-refractivity contribution in [3.05, 3.63) is 33.6 Å². The van der Waals surface area contributed by atoms with Crippen LogP contribution in [0.15, 0.2) is 12.1 Å². The third-order valence-electron chi connectivity index (χ3n) is 4.38. The van der Waals surface area contributed by atoms with E-state index in [2.05, 4.69) is 12.2 Å². The summed E-state index contributed by atoms with van der Waals surface area (Å²) >= 11 is 0. The number of nitrogen functional groups attached to an aromatic ring is 1. The lowest BCUT2D eigenvalue weighted by molar-refractivity contribution is -0.384. The monoisotopic (exact) mass is 295 g/mol. The first kappa shape index (κ1) is 15.2. The average Bonchev–Trinajstić information content (AvgIpc) is 2.70. The van der Waals surface area contributed by atoms with Crippen molar-refractivity contribution >= 4 is 17.3 Å². The standard InChI is InChI=1S/C14H18FN3O3/c1-7-3-5-10(8(7)2)17-14(19)12-9(15)4-6-11(13(12)16)18(20)21/h4,6-8,10H,3,5,16H2,1-2H3,(H,17,19). The lowest BCUT2D eigenvalue weighted by Gasteiger charge is -2.20. The van der Waals surface area contributed by atoms with E-state index in [0.717, 1.165) is 25.0 Å². The topological polar surface area (TPSA) is 98.3 Å². The third-order valence-corrected chi connectivity index (χ3v) is 4.38. The number of hydrogen-bond donors (Lipinski definition) is 2. The quantitative estimate of drug-likeness (QED) is 0.508. The highest BCUT2D eigenvalue weighted by Gasteiger charge is 2.32. The maximum Gasteiger partial charge on any atom is 0.293 e. The van der Waals surface area contributed by atoms with Crippen LogP contribution in [0.4, 0.5) is 15.8 Å². The highest BCUT2D eigenvalue weighted by molar-refractivity contribution is 6.01. The summed E-state index contributed by atoms with van der Waals surface area (Å²) in [5, 5.41) is 13.6. The summed E-state index contributed by atoms with van der Waals surface area (Å²) in [7, 11) is 0. The van der Waals surface area contributed by atoms with E-state index in [1.165, 1.54) is 0 Å². The predicted octanol–water partition coefficient (Wildman–Crippen LogP) is 2.48. The fraction of sp³-hybridized carbons (Fsp3) is 0.500. The fourth-order valence-corrected chi connectivity index (χ4v) is 2.78. The van der Waals surface area contributed by atoms with Crippen LogP contribution >= 0.6 is 0 Å². The summed E-state index contributed by atoms with van der Waals surface area (Å²) in [5.74, 6) is -0.798. The van der Waals surface area contributed by atoms with Crippen molar-refractivity contribution in [3.8, 4) is 0 Å². The van der Waals surface area contributed by atoms with E-state index in [4.69, 9.17) is 5.73 Å². The first-order valence-electron chi connectivity index (χ1n) is 6.86. The number of nitro benzene ring substituents is 1. The van der Waals surface area contributed by atoms with Gasteiger partial charge >= 0.3 is 0 Å². The number of benzene rings is 1. The Morgan fingerprint density at radius 3 is 2.62 bits per heavy atom. The zero-order valence-corrected chi connectivity index (χ0v) is 11.9. The first-order chi connectivity index (χ1) is 9.82. The molecule has 0 heterocycles. The zero-order chi connectivity index (χ0) is 15.7. The summed E-state index contributed by atoms with van der Waals surface area (Å²) in [6, 6.07) is 1.79. The molecule has 0 aromatic heterocycles.